The molecular formula is C31H32N4O6S. The third-order valence-electron chi connectivity index (χ3n) is 7.31. The Labute approximate surface area is 245 Å². The molecule has 0 aromatic heterocycles. The number of carbonyl (C=O) groups is 3. The lowest BCUT2D eigenvalue weighted by molar-refractivity contribution is -0.130. The summed E-state index contributed by atoms with van der Waals surface area (Å²) in [6.07, 6.45) is 3.98. The fraction of sp³-hybridized carbons (Fsp3) is 0.258. The highest BCUT2D eigenvalue weighted by molar-refractivity contribution is 7.92. The van der Waals surface area contributed by atoms with Crippen LogP contribution in [-0.2, 0) is 24.3 Å². The number of rotatable bonds is 8. The molecule has 0 radical (unpaired) electrons. The molecule has 0 saturated carbocycles. The molecule has 1 fully saturated rings. The Hall–Kier alpha value is -4.64. The van der Waals surface area contributed by atoms with Crippen LogP contribution in [0.5, 0.6) is 0 Å². The van der Waals surface area contributed by atoms with E-state index in [4.69, 9.17) is 4.74 Å². The molecule has 3 aromatic rings. The molecule has 2 heterocycles. The lowest BCUT2D eigenvalue weighted by atomic mass is 9.99. The van der Waals surface area contributed by atoms with Crippen molar-refractivity contribution in [1.29, 1.82) is 0 Å². The third-order valence-corrected chi connectivity index (χ3v) is 8.45. The number of nitrogens with zero attached hydrogens (tertiary/aromatic N) is 2. The summed E-state index contributed by atoms with van der Waals surface area (Å²) in [6, 6.07) is 20.9. The van der Waals surface area contributed by atoms with E-state index in [1.807, 2.05) is 30.3 Å². The summed E-state index contributed by atoms with van der Waals surface area (Å²) in [5, 5.41) is 6.17. The maximum atomic E-state index is 13.2. The van der Waals surface area contributed by atoms with Gasteiger partial charge in [-0.15, -0.1) is 0 Å². The second-order valence-electron chi connectivity index (χ2n) is 10.2. The minimum absolute atomic E-state index is 0.223. The predicted octanol–water partition coefficient (Wildman–Crippen LogP) is 4.18. The molecule has 0 bridgehead atoms. The van der Waals surface area contributed by atoms with Crippen LogP contribution in [-0.4, -0.2) is 64.1 Å². The van der Waals surface area contributed by atoms with Crippen molar-refractivity contribution >= 4 is 56.1 Å². The number of likely N-dealkylation sites (tertiary alicyclic amines) is 1. The molecule has 0 spiro atoms. The zero-order chi connectivity index (χ0) is 29.9. The molecule has 0 unspecified atom stereocenters. The number of benzene rings is 3. The zero-order valence-electron chi connectivity index (χ0n) is 23.4. The first kappa shape index (κ1) is 28.9. The number of ether oxygens (including phenoxy) is 1. The van der Waals surface area contributed by atoms with Crippen LogP contribution in [0.2, 0.25) is 0 Å². The van der Waals surface area contributed by atoms with Crippen LogP contribution in [0.1, 0.15) is 40.7 Å². The summed E-state index contributed by atoms with van der Waals surface area (Å²) in [7, 11) is -2.43. The molecule has 2 N–H and O–H groups in total. The van der Waals surface area contributed by atoms with Gasteiger partial charge in [-0.1, -0.05) is 36.4 Å². The molecule has 2 amide bonds. The summed E-state index contributed by atoms with van der Waals surface area (Å²) in [5.41, 5.74) is 4.07. The second-order valence-corrected chi connectivity index (χ2v) is 12.1. The van der Waals surface area contributed by atoms with Crippen LogP contribution < -0.4 is 14.9 Å². The number of hydrogen-bond donors (Lipinski definition) is 2. The van der Waals surface area contributed by atoms with Gasteiger partial charge in [0.2, 0.25) is 15.9 Å². The van der Waals surface area contributed by atoms with Crippen molar-refractivity contribution in [2.75, 3.05) is 47.9 Å². The van der Waals surface area contributed by atoms with E-state index < -0.39 is 16.0 Å². The topological polar surface area (TPSA) is 125 Å². The number of carbonyl (C=O) groups excluding carboxylic acids is 3. The van der Waals surface area contributed by atoms with Gasteiger partial charge in [0.15, 0.2) is 0 Å². The molecule has 2 aliphatic heterocycles. The van der Waals surface area contributed by atoms with Crippen LogP contribution in [0.3, 0.4) is 0 Å². The van der Waals surface area contributed by atoms with Crippen molar-refractivity contribution < 1.29 is 27.5 Å². The third kappa shape index (κ3) is 6.15. The summed E-state index contributed by atoms with van der Waals surface area (Å²) in [5.74, 6) is -1.07. The van der Waals surface area contributed by atoms with Crippen molar-refractivity contribution in [2.45, 2.75) is 19.3 Å². The number of sulfonamides is 1. The predicted molar refractivity (Wildman–Crippen MR) is 162 cm³/mol. The quantitative estimate of drug-likeness (QED) is 0.299. The van der Waals surface area contributed by atoms with Gasteiger partial charge in [0.1, 0.15) is 6.54 Å². The van der Waals surface area contributed by atoms with Gasteiger partial charge in [0.25, 0.3) is 5.91 Å². The van der Waals surface area contributed by atoms with E-state index in [-0.39, 0.29) is 18.4 Å². The molecule has 2 aliphatic rings. The van der Waals surface area contributed by atoms with Gasteiger partial charge in [-0.05, 0) is 61.2 Å². The molecule has 218 valence electrons. The highest BCUT2D eigenvalue weighted by Crippen LogP contribution is 2.38. The van der Waals surface area contributed by atoms with Gasteiger partial charge in [-0.25, -0.2) is 13.2 Å². The highest BCUT2D eigenvalue weighted by Gasteiger charge is 2.30. The Morgan fingerprint density at radius 1 is 0.952 bits per heavy atom. The first-order chi connectivity index (χ1) is 20.2. The van der Waals surface area contributed by atoms with E-state index in [0.717, 1.165) is 35.4 Å². The van der Waals surface area contributed by atoms with Gasteiger partial charge >= 0.3 is 5.97 Å². The summed E-state index contributed by atoms with van der Waals surface area (Å²) in [4.78, 5) is 39.9. The fourth-order valence-corrected chi connectivity index (χ4v) is 6.02. The van der Waals surface area contributed by atoms with Crippen LogP contribution in [0.25, 0.3) is 11.3 Å². The summed E-state index contributed by atoms with van der Waals surface area (Å²) >= 11 is 0. The fourth-order valence-electron chi connectivity index (χ4n) is 5.17. The average Bonchev–Trinajstić information content (AvgIpc) is 3.33. The molecule has 10 nitrogen and oxygen atoms in total. The van der Waals surface area contributed by atoms with Crippen molar-refractivity contribution in [3.05, 3.63) is 89.5 Å². The Morgan fingerprint density at radius 3 is 2.29 bits per heavy atom. The second kappa shape index (κ2) is 12.1. The van der Waals surface area contributed by atoms with E-state index in [1.165, 1.54) is 7.11 Å². The monoisotopic (exact) mass is 588 g/mol. The van der Waals surface area contributed by atoms with Crippen LogP contribution in [0.4, 0.5) is 17.1 Å². The molecule has 1 saturated heterocycles. The Balaban J connectivity index is 1.47. The van der Waals surface area contributed by atoms with Crippen molar-refractivity contribution in [2.24, 2.45) is 0 Å². The lowest BCUT2D eigenvalue weighted by Crippen LogP contribution is -2.44. The maximum absolute atomic E-state index is 13.2. The smallest absolute Gasteiger partial charge is 0.337 e. The maximum Gasteiger partial charge on any atom is 0.337 e. The minimum atomic E-state index is -3.73. The van der Waals surface area contributed by atoms with Gasteiger partial charge in [-0.2, -0.15) is 0 Å². The lowest BCUT2D eigenvalue weighted by Gasteiger charge is -2.30. The normalized spacial score (nSPS) is 15.9. The molecular weight excluding hydrogens is 556 g/mol. The number of hydrogen-bond acceptors (Lipinski definition) is 7. The minimum Gasteiger partial charge on any atom is -0.465 e. The summed E-state index contributed by atoms with van der Waals surface area (Å²) in [6.45, 7) is 1.00. The van der Waals surface area contributed by atoms with Gasteiger partial charge in [-0.3, -0.25) is 13.9 Å². The number of nitrogens with one attached hydrogen (secondary N) is 2. The number of piperidine rings is 1. The van der Waals surface area contributed by atoms with Crippen LogP contribution in [0.15, 0.2) is 72.8 Å². The average molecular weight is 589 g/mol. The van der Waals surface area contributed by atoms with E-state index in [9.17, 15) is 22.8 Å². The molecule has 5 rings (SSSR count). The van der Waals surface area contributed by atoms with Crippen molar-refractivity contribution in [1.82, 2.24) is 4.90 Å². The van der Waals surface area contributed by atoms with Gasteiger partial charge in [0.05, 0.1) is 41.6 Å². The SMILES string of the molecule is COC(=O)c1ccc2c(c1)NC(=O)/C2=C(\Nc1ccc(N(CC(=O)N2CCCCC2)S(C)(=O)=O)cc1)c1ccccc1. The van der Waals surface area contributed by atoms with Crippen LogP contribution >= 0.6 is 0 Å². The Bertz CT molecular complexity index is 1650. The van der Waals surface area contributed by atoms with E-state index in [0.29, 0.717) is 52.5 Å². The number of amides is 2. The molecule has 42 heavy (non-hydrogen) atoms. The zero-order valence-corrected chi connectivity index (χ0v) is 24.2. The number of methoxy groups -OCH3 is 1. The Morgan fingerprint density at radius 2 is 1.64 bits per heavy atom. The first-order valence-corrected chi connectivity index (χ1v) is 15.5. The largest absolute Gasteiger partial charge is 0.465 e. The molecule has 11 heteroatoms. The van der Waals surface area contributed by atoms with Crippen molar-refractivity contribution in [3.63, 3.8) is 0 Å². The van der Waals surface area contributed by atoms with E-state index in [2.05, 4.69) is 10.6 Å². The van der Waals surface area contributed by atoms with E-state index >= 15 is 0 Å². The van der Waals surface area contributed by atoms with Crippen molar-refractivity contribution in [3.8, 4) is 0 Å². The number of fused-ring (bicyclic) bond motifs is 1. The molecule has 0 aliphatic carbocycles. The van der Waals surface area contributed by atoms with Crippen LogP contribution in [0, 0.1) is 0 Å². The summed E-state index contributed by atoms with van der Waals surface area (Å²) < 4.78 is 31.3. The van der Waals surface area contributed by atoms with E-state index in [1.54, 1.807) is 47.4 Å². The van der Waals surface area contributed by atoms with Gasteiger partial charge in [0, 0.05) is 24.3 Å². The first-order valence-electron chi connectivity index (χ1n) is 13.6. The molecule has 3 aromatic carbocycles. The molecule has 0 atom stereocenters. The van der Waals surface area contributed by atoms with Gasteiger partial charge < -0.3 is 20.3 Å². The number of esters is 1. The Kier molecular flexibility index (Phi) is 8.30. The number of anilines is 3. The standard InChI is InChI=1S/C31H32N4O6S/c1-41-31(38)22-11-16-25-26(19-22)33-30(37)28(25)29(21-9-5-3-6-10-21)32-23-12-14-24(15-13-23)35(42(2,39)40)20-27(36)34-17-7-4-8-18-34/h3,5-6,9-16,19,32H,4,7-8,17-18,20H2,1-2H3,(H,33,37)/b29-28-. The highest BCUT2D eigenvalue weighted by atomic mass is 32.2.